The topological polar surface area (TPSA) is 83.8 Å². The lowest BCUT2D eigenvalue weighted by Crippen LogP contribution is -2.25. The molecular weight excluding hydrogens is 356 g/mol. The van der Waals surface area contributed by atoms with E-state index in [2.05, 4.69) is 12.2 Å². The van der Waals surface area contributed by atoms with Gasteiger partial charge < -0.3 is 14.9 Å². The summed E-state index contributed by atoms with van der Waals surface area (Å²) in [6.45, 7) is 1.78. The first-order chi connectivity index (χ1) is 12.4. The van der Waals surface area contributed by atoms with Gasteiger partial charge in [0.1, 0.15) is 17.1 Å². The van der Waals surface area contributed by atoms with Crippen LogP contribution >= 0.6 is 11.6 Å². The number of ether oxygens (including phenoxy) is 1. The molecule has 1 aliphatic carbocycles. The van der Waals surface area contributed by atoms with E-state index in [1.807, 2.05) is 12.2 Å². The number of hydrogen-bond acceptors (Lipinski definition) is 5. The summed E-state index contributed by atoms with van der Waals surface area (Å²) in [5.41, 5.74) is -0.131. The molecular formula is C20H19ClO5. The van der Waals surface area contributed by atoms with E-state index >= 15 is 0 Å². The molecule has 0 fully saturated rings. The van der Waals surface area contributed by atoms with Crippen LogP contribution in [0.2, 0.25) is 5.02 Å². The molecule has 3 atom stereocenters. The maximum absolute atomic E-state index is 12.6. The van der Waals surface area contributed by atoms with Crippen LogP contribution in [0.3, 0.4) is 0 Å². The van der Waals surface area contributed by atoms with Crippen molar-refractivity contribution >= 4 is 23.4 Å². The van der Waals surface area contributed by atoms with Gasteiger partial charge in [-0.05, 0) is 25.3 Å². The van der Waals surface area contributed by atoms with Crippen LogP contribution in [-0.2, 0) is 16.0 Å². The van der Waals surface area contributed by atoms with Crippen molar-refractivity contribution in [2.75, 3.05) is 0 Å². The third kappa shape index (κ3) is 3.68. The number of cyclic esters (lactones) is 1. The minimum Gasteiger partial charge on any atom is -0.507 e. The van der Waals surface area contributed by atoms with Crippen LogP contribution in [0.25, 0.3) is 0 Å². The number of rotatable bonds is 0. The predicted molar refractivity (Wildman–Crippen MR) is 97.4 cm³/mol. The van der Waals surface area contributed by atoms with Gasteiger partial charge in [-0.1, -0.05) is 42.0 Å². The van der Waals surface area contributed by atoms with Crippen LogP contribution in [-0.4, -0.2) is 28.1 Å². The number of halogens is 1. The number of esters is 1. The SMILES string of the molecule is C[C@@H]1C[C@@H]2C=C[C@H]2/C=C\C=C\C(=O)Cc2c(Cl)c(O)cc(O)c2C(=O)O1. The molecule has 2 aliphatic rings. The number of allylic oxidation sites excluding steroid dienone is 6. The third-order valence-corrected chi connectivity index (χ3v) is 5.01. The lowest BCUT2D eigenvalue weighted by molar-refractivity contribution is -0.114. The Morgan fingerprint density at radius 3 is 2.58 bits per heavy atom. The van der Waals surface area contributed by atoms with E-state index in [0.717, 1.165) is 6.07 Å². The van der Waals surface area contributed by atoms with Gasteiger partial charge in [0.25, 0.3) is 0 Å². The van der Waals surface area contributed by atoms with Gasteiger partial charge in [0, 0.05) is 24.0 Å². The number of hydrogen-bond donors (Lipinski definition) is 2. The summed E-state index contributed by atoms with van der Waals surface area (Å²) < 4.78 is 5.46. The molecule has 1 aliphatic heterocycles. The Morgan fingerprint density at radius 2 is 1.88 bits per heavy atom. The molecule has 5 nitrogen and oxygen atoms in total. The maximum Gasteiger partial charge on any atom is 0.342 e. The van der Waals surface area contributed by atoms with Crippen molar-refractivity contribution in [1.82, 2.24) is 0 Å². The molecule has 0 amide bonds. The van der Waals surface area contributed by atoms with Crippen molar-refractivity contribution in [3.8, 4) is 11.5 Å². The Morgan fingerprint density at radius 1 is 1.12 bits per heavy atom. The normalized spacial score (nSPS) is 28.2. The Hall–Kier alpha value is -2.53. The minimum absolute atomic E-state index is 0.0541. The lowest BCUT2D eigenvalue weighted by Gasteiger charge is -2.29. The second-order valence-corrected chi connectivity index (χ2v) is 6.93. The highest BCUT2D eigenvalue weighted by Gasteiger charge is 2.28. The molecule has 1 aromatic carbocycles. The lowest BCUT2D eigenvalue weighted by atomic mass is 9.78. The molecule has 6 heteroatoms. The molecule has 0 saturated heterocycles. The van der Waals surface area contributed by atoms with Gasteiger partial charge in [-0.3, -0.25) is 4.79 Å². The van der Waals surface area contributed by atoms with Crippen LogP contribution in [0, 0.1) is 11.8 Å². The van der Waals surface area contributed by atoms with Crippen LogP contribution in [0.5, 0.6) is 11.5 Å². The van der Waals surface area contributed by atoms with Crippen molar-refractivity contribution < 1.29 is 24.5 Å². The van der Waals surface area contributed by atoms with Gasteiger partial charge in [-0.2, -0.15) is 0 Å². The largest absolute Gasteiger partial charge is 0.507 e. The Bertz CT molecular complexity index is 837. The first-order valence-corrected chi connectivity index (χ1v) is 8.75. The summed E-state index contributed by atoms with van der Waals surface area (Å²) >= 11 is 6.08. The molecule has 1 heterocycles. The molecule has 0 radical (unpaired) electrons. The summed E-state index contributed by atoms with van der Waals surface area (Å²) in [4.78, 5) is 24.8. The van der Waals surface area contributed by atoms with E-state index in [4.69, 9.17) is 16.3 Å². The van der Waals surface area contributed by atoms with Crippen molar-refractivity contribution in [1.29, 1.82) is 0 Å². The number of benzene rings is 1. The number of phenols is 2. The van der Waals surface area contributed by atoms with Gasteiger partial charge in [-0.25, -0.2) is 4.79 Å². The molecule has 0 bridgehead atoms. The quantitative estimate of drug-likeness (QED) is 0.534. The second-order valence-electron chi connectivity index (χ2n) is 6.55. The molecule has 136 valence electrons. The smallest absolute Gasteiger partial charge is 0.342 e. The molecule has 0 unspecified atom stereocenters. The van der Waals surface area contributed by atoms with Gasteiger partial charge >= 0.3 is 5.97 Å². The summed E-state index contributed by atoms with van der Waals surface area (Å²) in [7, 11) is 0. The van der Waals surface area contributed by atoms with Crippen LogP contribution in [0.15, 0.2) is 42.5 Å². The van der Waals surface area contributed by atoms with Gasteiger partial charge in [0.05, 0.1) is 11.1 Å². The number of phenolic OH excluding ortho intramolecular Hbond substituents is 2. The molecule has 3 rings (SSSR count). The summed E-state index contributed by atoms with van der Waals surface area (Å²) in [6, 6.07) is 0.976. The van der Waals surface area contributed by atoms with Crippen molar-refractivity contribution in [3.63, 3.8) is 0 Å². The number of fused-ring (bicyclic) bond motifs is 2. The van der Waals surface area contributed by atoms with E-state index < -0.39 is 17.5 Å². The van der Waals surface area contributed by atoms with E-state index in [0.29, 0.717) is 6.42 Å². The first-order valence-electron chi connectivity index (χ1n) is 8.37. The van der Waals surface area contributed by atoms with E-state index in [1.165, 1.54) is 6.08 Å². The molecule has 1 aromatic rings. The fourth-order valence-electron chi connectivity index (χ4n) is 3.18. The van der Waals surface area contributed by atoms with Crippen LogP contribution in [0.4, 0.5) is 0 Å². The standard InChI is InChI=1S/C20H19ClO5/c1-11-8-13-7-6-12(13)4-2-3-5-14(22)9-15-18(20(25)26-11)16(23)10-17(24)19(15)21/h2-7,10-13,23-24H,8-9H2,1H3/b4-2-,5-3+/t11-,12-,13+/m1/s1. The highest BCUT2D eigenvalue weighted by atomic mass is 35.5. The number of carbonyl (C=O) groups is 2. The maximum atomic E-state index is 12.6. The average Bonchev–Trinajstić information content (AvgIpc) is 2.55. The molecule has 26 heavy (non-hydrogen) atoms. The van der Waals surface area contributed by atoms with Gasteiger partial charge in [0.15, 0.2) is 5.78 Å². The van der Waals surface area contributed by atoms with E-state index in [-0.39, 0.29) is 46.3 Å². The number of aromatic hydroxyl groups is 2. The average molecular weight is 375 g/mol. The highest BCUT2D eigenvalue weighted by Crippen LogP contribution is 2.38. The Balaban J connectivity index is 2.02. The first kappa shape index (κ1) is 18.3. The van der Waals surface area contributed by atoms with Gasteiger partial charge in [-0.15, -0.1) is 0 Å². The number of carbonyl (C=O) groups excluding carboxylic acids is 2. The zero-order valence-electron chi connectivity index (χ0n) is 14.2. The Kier molecular flexibility index (Phi) is 5.18. The Labute approximate surface area is 156 Å². The van der Waals surface area contributed by atoms with Crippen LogP contribution in [0.1, 0.15) is 29.3 Å². The van der Waals surface area contributed by atoms with E-state index in [1.54, 1.807) is 13.0 Å². The summed E-state index contributed by atoms with van der Waals surface area (Å²) in [5.74, 6) is -1.46. The second kappa shape index (κ2) is 7.38. The van der Waals surface area contributed by atoms with Crippen molar-refractivity contribution in [2.24, 2.45) is 11.8 Å². The highest BCUT2D eigenvalue weighted by molar-refractivity contribution is 6.33. The van der Waals surface area contributed by atoms with Crippen molar-refractivity contribution in [3.05, 3.63) is 58.7 Å². The molecule has 0 saturated carbocycles. The zero-order valence-corrected chi connectivity index (χ0v) is 14.9. The van der Waals surface area contributed by atoms with E-state index in [9.17, 15) is 19.8 Å². The fourth-order valence-corrected chi connectivity index (χ4v) is 3.39. The predicted octanol–water partition coefficient (Wildman–Crippen LogP) is 3.73. The summed E-state index contributed by atoms with van der Waals surface area (Å²) in [5, 5.41) is 19.8. The molecule has 0 aromatic heterocycles. The monoisotopic (exact) mass is 374 g/mol. The summed E-state index contributed by atoms with van der Waals surface area (Å²) in [6.07, 6.45) is 10.9. The van der Waals surface area contributed by atoms with Gasteiger partial charge in [0.2, 0.25) is 0 Å². The minimum atomic E-state index is -0.767. The van der Waals surface area contributed by atoms with Crippen molar-refractivity contribution in [2.45, 2.75) is 25.9 Å². The van der Waals surface area contributed by atoms with Crippen LogP contribution < -0.4 is 0 Å². The third-order valence-electron chi connectivity index (χ3n) is 4.59. The zero-order chi connectivity index (χ0) is 18.8. The fraction of sp³-hybridized carbons (Fsp3) is 0.300. The number of ketones is 1. The molecule has 2 N–H and O–H groups in total. The molecule has 0 spiro atoms.